The molecule has 1 heterocycles. The molecule has 0 atom stereocenters. The number of rotatable bonds is 4. The molecule has 0 spiro atoms. The van der Waals surface area contributed by atoms with Crippen LogP contribution in [0.25, 0.3) is 17.0 Å². The van der Waals surface area contributed by atoms with Gasteiger partial charge in [-0.1, -0.05) is 0 Å². The topological polar surface area (TPSA) is 51.3 Å². The van der Waals surface area contributed by atoms with Crippen LogP contribution >= 0.6 is 0 Å². The zero-order valence-corrected chi connectivity index (χ0v) is 10.4. The van der Waals surface area contributed by atoms with E-state index >= 15 is 0 Å². The molecule has 0 saturated carbocycles. The largest absolute Gasteiger partial charge is 0.497 e. The molecule has 0 saturated heterocycles. The Kier molecular flexibility index (Phi) is 3.67. The Labute approximate surface area is 105 Å². The van der Waals surface area contributed by atoms with E-state index in [4.69, 9.17) is 9.47 Å². The Morgan fingerprint density at radius 1 is 1.39 bits per heavy atom. The van der Waals surface area contributed by atoms with Gasteiger partial charge in [-0.25, -0.2) is 4.79 Å². The Bertz CT molecular complexity index is 584. The van der Waals surface area contributed by atoms with Crippen LogP contribution in [-0.4, -0.2) is 24.7 Å². The Balaban J connectivity index is 2.22. The minimum atomic E-state index is -0.339. The second-order valence-electron chi connectivity index (χ2n) is 3.76. The van der Waals surface area contributed by atoms with Crippen molar-refractivity contribution in [3.05, 3.63) is 36.0 Å². The summed E-state index contributed by atoms with van der Waals surface area (Å²) in [7, 11) is 1.63. The number of aromatic nitrogens is 1. The lowest BCUT2D eigenvalue weighted by molar-refractivity contribution is -0.137. The first-order chi connectivity index (χ1) is 8.72. The van der Waals surface area contributed by atoms with Crippen LogP contribution in [0.4, 0.5) is 0 Å². The van der Waals surface area contributed by atoms with Crippen molar-refractivity contribution >= 4 is 22.9 Å². The van der Waals surface area contributed by atoms with E-state index in [-0.39, 0.29) is 5.97 Å². The molecule has 4 heteroatoms. The van der Waals surface area contributed by atoms with E-state index in [0.717, 1.165) is 22.3 Å². The van der Waals surface area contributed by atoms with Gasteiger partial charge in [0.2, 0.25) is 0 Å². The minimum Gasteiger partial charge on any atom is -0.497 e. The van der Waals surface area contributed by atoms with Crippen molar-refractivity contribution in [1.82, 2.24) is 4.98 Å². The highest BCUT2D eigenvalue weighted by Gasteiger charge is 2.01. The van der Waals surface area contributed by atoms with E-state index in [1.165, 1.54) is 6.08 Å². The molecule has 2 rings (SSSR count). The first-order valence-corrected chi connectivity index (χ1v) is 5.74. The quantitative estimate of drug-likeness (QED) is 0.665. The lowest BCUT2D eigenvalue weighted by Crippen LogP contribution is -1.98. The SMILES string of the molecule is CCOC(=O)/C=C/c1cc2cc(OC)ccc2[nH]1. The van der Waals surface area contributed by atoms with Gasteiger partial charge in [0.05, 0.1) is 13.7 Å². The average molecular weight is 245 g/mol. The molecule has 4 nitrogen and oxygen atoms in total. The molecule has 0 unspecified atom stereocenters. The number of fused-ring (bicyclic) bond motifs is 1. The third-order valence-electron chi connectivity index (χ3n) is 2.53. The predicted octanol–water partition coefficient (Wildman–Crippen LogP) is 2.75. The average Bonchev–Trinajstić information content (AvgIpc) is 2.78. The molecule has 0 fully saturated rings. The highest BCUT2D eigenvalue weighted by Crippen LogP contribution is 2.21. The summed E-state index contributed by atoms with van der Waals surface area (Å²) in [5.74, 6) is 0.469. The maximum absolute atomic E-state index is 11.2. The van der Waals surface area contributed by atoms with Gasteiger partial charge in [-0.05, 0) is 37.3 Å². The van der Waals surface area contributed by atoms with Crippen LogP contribution in [0.1, 0.15) is 12.6 Å². The Morgan fingerprint density at radius 3 is 2.94 bits per heavy atom. The van der Waals surface area contributed by atoms with Crippen LogP contribution in [0.15, 0.2) is 30.3 Å². The van der Waals surface area contributed by atoms with Crippen LogP contribution < -0.4 is 4.74 Å². The summed E-state index contributed by atoms with van der Waals surface area (Å²) in [6.07, 6.45) is 3.11. The number of methoxy groups -OCH3 is 1. The van der Waals surface area contributed by atoms with Gasteiger partial charge in [0.15, 0.2) is 0 Å². The summed E-state index contributed by atoms with van der Waals surface area (Å²) >= 11 is 0. The normalized spacial score (nSPS) is 11.0. The fourth-order valence-corrected chi connectivity index (χ4v) is 1.70. The molecule has 0 radical (unpaired) electrons. The summed E-state index contributed by atoms with van der Waals surface area (Å²) in [6.45, 7) is 2.16. The highest BCUT2D eigenvalue weighted by molar-refractivity contribution is 5.89. The van der Waals surface area contributed by atoms with Crippen molar-refractivity contribution in [2.45, 2.75) is 6.92 Å². The van der Waals surface area contributed by atoms with E-state index in [1.807, 2.05) is 24.3 Å². The summed E-state index contributed by atoms with van der Waals surface area (Å²) in [4.78, 5) is 14.4. The fourth-order valence-electron chi connectivity index (χ4n) is 1.70. The number of carbonyl (C=O) groups is 1. The number of H-pyrrole nitrogens is 1. The predicted molar refractivity (Wildman–Crippen MR) is 70.5 cm³/mol. The number of ether oxygens (including phenoxy) is 2. The second-order valence-corrected chi connectivity index (χ2v) is 3.76. The first kappa shape index (κ1) is 12.2. The van der Waals surface area contributed by atoms with Gasteiger partial charge in [0, 0.05) is 22.7 Å². The molecule has 2 aromatic rings. The van der Waals surface area contributed by atoms with Crippen molar-refractivity contribution in [2.75, 3.05) is 13.7 Å². The van der Waals surface area contributed by atoms with Gasteiger partial charge in [-0.2, -0.15) is 0 Å². The van der Waals surface area contributed by atoms with Crippen molar-refractivity contribution in [2.24, 2.45) is 0 Å². The molecule has 94 valence electrons. The van der Waals surface area contributed by atoms with E-state index in [2.05, 4.69) is 4.98 Å². The molecule has 1 N–H and O–H groups in total. The van der Waals surface area contributed by atoms with Gasteiger partial charge in [-0.15, -0.1) is 0 Å². The fraction of sp³-hybridized carbons (Fsp3) is 0.214. The highest BCUT2D eigenvalue weighted by atomic mass is 16.5. The molecule has 1 aromatic heterocycles. The second kappa shape index (κ2) is 5.40. The molecule has 0 amide bonds. The molecule has 1 aromatic carbocycles. The molecule has 0 aliphatic rings. The molecule has 18 heavy (non-hydrogen) atoms. The van der Waals surface area contributed by atoms with Crippen molar-refractivity contribution in [3.8, 4) is 5.75 Å². The zero-order chi connectivity index (χ0) is 13.0. The minimum absolute atomic E-state index is 0.339. The van der Waals surface area contributed by atoms with Crippen molar-refractivity contribution < 1.29 is 14.3 Å². The van der Waals surface area contributed by atoms with E-state index < -0.39 is 0 Å². The Hall–Kier alpha value is -2.23. The third kappa shape index (κ3) is 2.71. The molecule has 0 aliphatic heterocycles. The van der Waals surface area contributed by atoms with Crippen LogP contribution in [-0.2, 0) is 9.53 Å². The van der Waals surface area contributed by atoms with Gasteiger partial charge in [0.1, 0.15) is 5.75 Å². The molecule has 0 bridgehead atoms. The lowest BCUT2D eigenvalue weighted by Gasteiger charge is -1.97. The molecular formula is C14H15NO3. The molecular weight excluding hydrogens is 230 g/mol. The summed E-state index contributed by atoms with van der Waals surface area (Å²) in [6, 6.07) is 7.72. The van der Waals surface area contributed by atoms with Crippen LogP contribution in [0, 0.1) is 0 Å². The van der Waals surface area contributed by atoms with Crippen LogP contribution in [0.2, 0.25) is 0 Å². The van der Waals surface area contributed by atoms with Crippen molar-refractivity contribution in [1.29, 1.82) is 0 Å². The number of esters is 1. The van der Waals surface area contributed by atoms with E-state index in [9.17, 15) is 4.79 Å². The number of benzene rings is 1. The number of hydrogen-bond donors (Lipinski definition) is 1. The summed E-state index contributed by atoms with van der Waals surface area (Å²) in [5.41, 5.74) is 1.85. The van der Waals surface area contributed by atoms with Gasteiger partial charge >= 0.3 is 5.97 Å². The first-order valence-electron chi connectivity index (χ1n) is 5.74. The summed E-state index contributed by atoms with van der Waals surface area (Å²) in [5, 5.41) is 1.04. The van der Waals surface area contributed by atoms with Gasteiger partial charge in [0.25, 0.3) is 0 Å². The maximum Gasteiger partial charge on any atom is 0.330 e. The van der Waals surface area contributed by atoms with Crippen LogP contribution in [0.3, 0.4) is 0 Å². The number of nitrogens with one attached hydrogen (secondary N) is 1. The smallest absolute Gasteiger partial charge is 0.330 e. The zero-order valence-electron chi connectivity index (χ0n) is 10.4. The van der Waals surface area contributed by atoms with Gasteiger partial charge in [-0.3, -0.25) is 0 Å². The number of aromatic amines is 1. The van der Waals surface area contributed by atoms with E-state index in [1.54, 1.807) is 20.1 Å². The van der Waals surface area contributed by atoms with Gasteiger partial charge < -0.3 is 14.5 Å². The Morgan fingerprint density at radius 2 is 2.22 bits per heavy atom. The number of carbonyl (C=O) groups excluding carboxylic acids is 1. The van der Waals surface area contributed by atoms with Crippen molar-refractivity contribution in [3.63, 3.8) is 0 Å². The monoisotopic (exact) mass is 245 g/mol. The maximum atomic E-state index is 11.2. The molecule has 0 aliphatic carbocycles. The lowest BCUT2D eigenvalue weighted by atomic mass is 10.2. The number of hydrogen-bond acceptors (Lipinski definition) is 3. The third-order valence-corrected chi connectivity index (χ3v) is 2.53. The summed E-state index contributed by atoms with van der Waals surface area (Å²) < 4.78 is 9.97. The van der Waals surface area contributed by atoms with Crippen LogP contribution in [0.5, 0.6) is 5.75 Å². The standard InChI is InChI=1S/C14H15NO3/c1-3-18-14(16)7-4-11-8-10-9-12(17-2)5-6-13(10)15-11/h4-9,15H,3H2,1-2H3/b7-4+. The van der Waals surface area contributed by atoms with E-state index in [0.29, 0.717) is 6.61 Å².